The Hall–Kier alpha value is -2.58. The van der Waals surface area contributed by atoms with E-state index in [4.69, 9.17) is 19.2 Å². The average molecular weight is 400 g/mol. The Morgan fingerprint density at radius 3 is 2.66 bits per heavy atom. The van der Waals surface area contributed by atoms with Gasteiger partial charge in [0.1, 0.15) is 11.5 Å². The molecule has 8 nitrogen and oxygen atoms in total. The summed E-state index contributed by atoms with van der Waals surface area (Å²) in [6.07, 6.45) is 1.44. The normalized spacial score (nSPS) is 17.5. The van der Waals surface area contributed by atoms with Gasteiger partial charge in [-0.3, -0.25) is 14.7 Å². The second-order valence-electron chi connectivity index (χ2n) is 7.37. The highest BCUT2D eigenvalue weighted by molar-refractivity contribution is 5.40. The SMILES string of the molecule is COc1ccc(OC)c(CN2CCc3nc(N4CCOCC4)[nH]c(=O)c3CC2)c1. The molecule has 0 saturated carbocycles. The number of benzene rings is 1. The molecule has 8 heteroatoms. The van der Waals surface area contributed by atoms with Crippen LogP contribution in [0.4, 0.5) is 5.95 Å². The maximum Gasteiger partial charge on any atom is 0.255 e. The van der Waals surface area contributed by atoms with Crippen molar-refractivity contribution in [2.75, 3.05) is 58.5 Å². The highest BCUT2D eigenvalue weighted by Crippen LogP contribution is 2.26. The first kappa shape index (κ1) is 19.7. The zero-order valence-electron chi connectivity index (χ0n) is 17.1. The molecule has 1 saturated heterocycles. The fourth-order valence-corrected chi connectivity index (χ4v) is 3.97. The van der Waals surface area contributed by atoms with Crippen molar-refractivity contribution in [3.05, 3.63) is 45.4 Å². The Bertz CT molecular complexity index is 908. The first-order valence-corrected chi connectivity index (χ1v) is 10.1. The van der Waals surface area contributed by atoms with Gasteiger partial charge in [0, 0.05) is 50.3 Å². The molecule has 0 spiro atoms. The van der Waals surface area contributed by atoms with Crippen molar-refractivity contribution >= 4 is 5.95 Å². The van der Waals surface area contributed by atoms with Crippen LogP contribution in [0, 0.1) is 0 Å². The quantitative estimate of drug-likeness (QED) is 0.808. The number of morpholine rings is 1. The fraction of sp³-hybridized carbons (Fsp3) is 0.524. The van der Waals surface area contributed by atoms with Crippen molar-refractivity contribution in [2.24, 2.45) is 0 Å². The number of ether oxygens (including phenoxy) is 3. The summed E-state index contributed by atoms with van der Waals surface area (Å²) in [5, 5.41) is 0. The number of nitrogens with zero attached hydrogens (tertiary/aromatic N) is 3. The van der Waals surface area contributed by atoms with Crippen LogP contribution >= 0.6 is 0 Å². The molecule has 2 aliphatic heterocycles. The van der Waals surface area contributed by atoms with E-state index in [-0.39, 0.29) is 5.56 Å². The summed E-state index contributed by atoms with van der Waals surface area (Å²) in [6.45, 7) is 5.21. The van der Waals surface area contributed by atoms with Crippen molar-refractivity contribution in [1.82, 2.24) is 14.9 Å². The molecule has 1 N–H and O–H groups in total. The monoisotopic (exact) mass is 400 g/mol. The molecule has 0 amide bonds. The van der Waals surface area contributed by atoms with Crippen LogP contribution in [-0.4, -0.2) is 68.5 Å². The Morgan fingerprint density at radius 1 is 1.10 bits per heavy atom. The minimum absolute atomic E-state index is 0.0164. The van der Waals surface area contributed by atoms with Crippen LogP contribution in [0.2, 0.25) is 0 Å². The lowest BCUT2D eigenvalue weighted by Gasteiger charge is -2.27. The highest BCUT2D eigenvalue weighted by atomic mass is 16.5. The van der Waals surface area contributed by atoms with Crippen LogP contribution in [0.25, 0.3) is 0 Å². The molecule has 1 aromatic heterocycles. The van der Waals surface area contributed by atoms with Gasteiger partial charge < -0.3 is 19.1 Å². The standard InChI is InChI=1S/C21H28N4O4/c1-27-16-3-4-19(28-2)15(13-16)14-24-7-5-17-18(6-8-24)22-21(23-20(17)26)25-9-11-29-12-10-25/h3-4,13H,5-12,14H2,1-2H3,(H,22,23,26). The lowest BCUT2D eigenvalue weighted by atomic mass is 10.1. The number of anilines is 1. The lowest BCUT2D eigenvalue weighted by Crippen LogP contribution is -2.38. The second-order valence-corrected chi connectivity index (χ2v) is 7.37. The molecule has 0 radical (unpaired) electrons. The van der Waals surface area contributed by atoms with Gasteiger partial charge in [-0.1, -0.05) is 0 Å². The Morgan fingerprint density at radius 2 is 1.90 bits per heavy atom. The van der Waals surface area contributed by atoms with E-state index in [1.807, 2.05) is 18.2 Å². The van der Waals surface area contributed by atoms with E-state index in [0.717, 1.165) is 67.5 Å². The molecule has 4 rings (SSSR count). The van der Waals surface area contributed by atoms with E-state index < -0.39 is 0 Å². The zero-order chi connectivity index (χ0) is 20.2. The molecule has 2 aromatic rings. The first-order chi connectivity index (χ1) is 14.2. The van der Waals surface area contributed by atoms with Crippen molar-refractivity contribution in [2.45, 2.75) is 19.4 Å². The van der Waals surface area contributed by atoms with Crippen LogP contribution in [0.1, 0.15) is 16.8 Å². The van der Waals surface area contributed by atoms with Gasteiger partial charge in [-0.2, -0.15) is 0 Å². The predicted molar refractivity (Wildman–Crippen MR) is 110 cm³/mol. The maximum absolute atomic E-state index is 12.7. The molecule has 0 bridgehead atoms. The van der Waals surface area contributed by atoms with Gasteiger partial charge in [0.25, 0.3) is 5.56 Å². The Labute approximate surface area is 170 Å². The Balaban J connectivity index is 1.51. The first-order valence-electron chi connectivity index (χ1n) is 10.1. The summed E-state index contributed by atoms with van der Waals surface area (Å²) in [4.78, 5) is 24.9. The molecule has 0 aliphatic carbocycles. The van der Waals surface area contributed by atoms with Gasteiger partial charge in [0.15, 0.2) is 0 Å². The van der Waals surface area contributed by atoms with Crippen molar-refractivity contribution < 1.29 is 14.2 Å². The topological polar surface area (TPSA) is 79.9 Å². The van der Waals surface area contributed by atoms with Crippen molar-refractivity contribution in [3.8, 4) is 11.5 Å². The minimum atomic E-state index is -0.0164. The van der Waals surface area contributed by atoms with Gasteiger partial charge in [-0.05, 0) is 24.6 Å². The number of methoxy groups -OCH3 is 2. The molecule has 1 fully saturated rings. The van der Waals surface area contributed by atoms with Gasteiger partial charge in [0.05, 0.1) is 33.1 Å². The molecule has 29 heavy (non-hydrogen) atoms. The minimum Gasteiger partial charge on any atom is -0.497 e. The number of hydrogen-bond donors (Lipinski definition) is 1. The van der Waals surface area contributed by atoms with E-state index in [0.29, 0.717) is 25.6 Å². The largest absolute Gasteiger partial charge is 0.497 e. The summed E-state index contributed by atoms with van der Waals surface area (Å²) in [5.41, 5.74) is 2.78. The second kappa shape index (κ2) is 8.84. The van der Waals surface area contributed by atoms with Crippen molar-refractivity contribution in [1.29, 1.82) is 0 Å². The molecule has 2 aliphatic rings. The molecule has 156 valence electrons. The summed E-state index contributed by atoms with van der Waals surface area (Å²) < 4.78 is 16.3. The van der Waals surface area contributed by atoms with E-state index in [2.05, 4.69) is 14.8 Å². The van der Waals surface area contributed by atoms with Crippen LogP contribution in [0.5, 0.6) is 11.5 Å². The van der Waals surface area contributed by atoms with E-state index >= 15 is 0 Å². The molecule has 0 unspecified atom stereocenters. The number of nitrogens with one attached hydrogen (secondary N) is 1. The summed E-state index contributed by atoms with van der Waals surface area (Å²) in [7, 11) is 3.35. The smallest absolute Gasteiger partial charge is 0.255 e. The summed E-state index contributed by atoms with van der Waals surface area (Å²) in [6, 6.07) is 5.84. The highest BCUT2D eigenvalue weighted by Gasteiger charge is 2.22. The number of rotatable bonds is 5. The van der Waals surface area contributed by atoms with E-state index in [1.165, 1.54) is 0 Å². The number of H-pyrrole nitrogens is 1. The average Bonchev–Trinajstić information content (AvgIpc) is 2.97. The van der Waals surface area contributed by atoms with Gasteiger partial charge in [-0.25, -0.2) is 4.98 Å². The molecule has 0 atom stereocenters. The maximum atomic E-state index is 12.7. The van der Waals surface area contributed by atoms with Gasteiger partial charge in [0.2, 0.25) is 5.95 Å². The third-order valence-electron chi connectivity index (χ3n) is 5.62. The van der Waals surface area contributed by atoms with E-state index in [1.54, 1.807) is 14.2 Å². The van der Waals surface area contributed by atoms with Gasteiger partial charge in [-0.15, -0.1) is 0 Å². The summed E-state index contributed by atoms with van der Waals surface area (Å²) in [5.74, 6) is 2.32. The van der Waals surface area contributed by atoms with Crippen molar-refractivity contribution in [3.63, 3.8) is 0 Å². The van der Waals surface area contributed by atoms with E-state index in [9.17, 15) is 4.79 Å². The van der Waals surface area contributed by atoms with Crippen LogP contribution in [0.3, 0.4) is 0 Å². The lowest BCUT2D eigenvalue weighted by molar-refractivity contribution is 0.122. The third-order valence-corrected chi connectivity index (χ3v) is 5.62. The molecular weight excluding hydrogens is 372 g/mol. The third kappa shape index (κ3) is 4.38. The number of fused-ring (bicyclic) bond motifs is 1. The predicted octanol–water partition coefficient (Wildman–Crippen LogP) is 1.22. The van der Waals surface area contributed by atoms with Crippen LogP contribution in [-0.2, 0) is 24.1 Å². The number of aromatic amines is 1. The number of hydrogen-bond acceptors (Lipinski definition) is 7. The number of aromatic nitrogens is 2. The summed E-state index contributed by atoms with van der Waals surface area (Å²) >= 11 is 0. The van der Waals surface area contributed by atoms with Gasteiger partial charge >= 0.3 is 0 Å². The Kier molecular flexibility index (Phi) is 6.01. The molecule has 3 heterocycles. The fourth-order valence-electron chi connectivity index (χ4n) is 3.97. The molecular formula is C21H28N4O4. The molecule has 1 aromatic carbocycles. The van der Waals surface area contributed by atoms with Crippen LogP contribution in [0.15, 0.2) is 23.0 Å². The zero-order valence-corrected chi connectivity index (χ0v) is 17.1. The van der Waals surface area contributed by atoms with Crippen LogP contribution < -0.4 is 19.9 Å².